The van der Waals surface area contributed by atoms with Crippen LogP contribution in [0.1, 0.15) is 6.42 Å². The van der Waals surface area contributed by atoms with Crippen LogP contribution < -0.4 is 0 Å². The Labute approximate surface area is 65.8 Å². The molecule has 3 heteroatoms. The Bertz CT molecular complexity index is 177. The van der Waals surface area contributed by atoms with Crippen molar-refractivity contribution in [2.45, 2.75) is 6.42 Å². The van der Waals surface area contributed by atoms with Gasteiger partial charge in [0.2, 0.25) is 6.08 Å². The van der Waals surface area contributed by atoms with Crippen LogP contribution in [0.2, 0.25) is 0 Å². The van der Waals surface area contributed by atoms with Gasteiger partial charge >= 0.3 is 0 Å². The Morgan fingerprint density at radius 2 is 2.64 bits per heavy atom. The van der Waals surface area contributed by atoms with E-state index in [0.29, 0.717) is 12.5 Å². The SMILES string of the molecule is O=C=NC/C=C\C1CCOC1. The molecule has 1 rings (SSSR count). The molecule has 1 atom stereocenters. The van der Waals surface area contributed by atoms with E-state index in [1.54, 1.807) is 0 Å². The lowest BCUT2D eigenvalue weighted by atomic mass is 10.1. The highest BCUT2D eigenvalue weighted by Gasteiger charge is 2.10. The first-order valence-corrected chi connectivity index (χ1v) is 3.71. The molecule has 1 saturated heterocycles. The molecule has 1 fully saturated rings. The first-order valence-electron chi connectivity index (χ1n) is 3.71. The van der Waals surface area contributed by atoms with Gasteiger partial charge in [-0.15, -0.1) is 0 Å². The van der Waals surface area contributed by atoms with Gasteiger partial charge in [-0.1, -0.05) is 12.2 Å². The number of isocyanates is 1. The van der Waals surface area contributed by atoms with Crippen molar-refractivity contribution < 1.29 is 9.53 Å². The summed E-state index contributed by atoms with van der Waals surface area (Å²) >= 11 is 0. The third-order valence-electron chi connectivity index (χ3n) is 1.63. The highest BCUT2D eigenvalue weighted by molar-refractivity contribution is 5.33. The third kappa shape index (κ3) is 3.12. The smallest absolute Gasteiger partial charge is 0.235 e. The molecule has 0 aromatic carbocycles. The number of nitrogens with zero attached hydrogens (tertiary/aromatic N) is 1. The molecule has 1 aliphatic rings. The molecule has 0 bridgehead atoms. The minimum absolute atomic E-state index is 0.444. The molecule has 0 spiro atoms. The van der Waals surface area contributed by atoms with E-state index in [1.165, 1.54) is 6.08 Å². The highest BCUT2D eigenvalue weighted by atomic mass is 16.5. The molecule has 1 unspecified atom stereocenters. The van der Waals surface area contributed by atoms with Crippen LogP contribution in [-0.2, 0) is 9.53 Å². The van der Waals surface area contributed by atoms with Crippen molar-refractivity contribution in [3.63, 3.8) is 0 Å². The highest BCUT2D eigenvalue weighted by Crippen LogP contribution is 2.12. The van der Waals surface area contributed by atoms with E-state index in [1.807, 2.05) is 12.2 Å². The van der Waals surface area contributed by atoms with Gasteiger partial charge in [0.25, 0.3) is 0 Å². The van der Waals surface area contributed by atoms with Crippen LogP contribution in [0.4, 0.5) is 0 Å². The molecule has 1 heterocycles. The summed E-state index contributed by atoms with van der Waals surface area (Å²) in [6, 6.07) is 0. The lowest BCUT2D eigenvalue weighted by Gasteiger charge is -1.95. The van der Waals surface area contributed by atoms with E-state index in [-0.39, 0.29) is 0 Å². The number of ether oxygens (including phenoxy) is 1. The van der Waals surface area contributed by atoms with Crippen molar-refractivity contribution in [3.8, 4) is 0 Å². The first kappa shape index (κ1) is 8.18. The first-order chi connectivity index (χ1) is 5.43. The van der Waals surface area contributed by atoms with E-state index in [2.05, 4.69) is 4.99 Å². The molecule has 0 amide bonds. The van der Waals surface area contributed by atoms with Crippen molar-refractivity contribution >= 4 is 6.08 Å². The molecule has 60 valence electrons. The van der Waals surface area contributed by atoms with Gasteiger partial charge in [0.1, 0.15) is 0 Å². The monoisotopic (exact) mass is 153 g/mol. The second-order valence-corrected chi connectivity index (χ2v) is 2.48. The number of carbonyl (C=O) groups excluding carboxylic acids is 1. The quantitative estimate of drug-likeness (QED) is 0.343. The maximum atomic E-state index is 9.65. The fourth-order valence-corrected chi connectivity index (χ4v) is 1.05. The van der Waals surface area contributed by atoms with Crippen molar-refractivity contribution in [2.24, 2.45) is 10.9 Å². The Kier molecular flexibility index (Phi) is 3.59. The third-order valence-corrected chi connectivity index (χ3v) is 1.63. The van der Waals surface area contributed by atoms with Crippen molar-refractivity contribution in [1.29, 1.82) is 0 Å². The van der Waals surface area contributed by atoms with Crippen molar-refractivity contribution in [1.82, 2.24) is 0 Å². The second-order valence-electron chi connectivity index (χ2n) is 2.48. The zero-order chi connectivity index (χ0) is 7.94. The van der Waals surface area contributed by atoms with Crippen LogP contribution in [0, 0.1) is 5.92 Å². The molecular formula is C8H11NO2. The van der Waals surface area contributed by atoms with E-state index in [0.717, 1.165) is 19.6 Å². The van der Waals surface area contributed by atoms with Crippen LogP contribution in [0.25, 0.3) is 0 Å². The van der Waals surface area contributed by atoms with Gasteiger partial charge < -0.3 is 4.74 Å². The summed E-state index contributed by atoms with van der Waals surface area (Å²) in [6.07, 6.45) is 6.50. The molecular weight excluding hydrogens is 142 g/mol. The predicted molar refractivity (Wildman–Crippen MR) is 41.1 cm³/mol. The van der Waals surface area contributed by atoms with Crippen molar-refractivity contribution in [3.05, 3.63) is 12.2 Å². The van der Waals surface area contributed by atoms with Crippen LogP contribution in [0.3, 0.4) is 0 Å². The predicted octanol–water partition coefficient (Wildman–Crippen LogP) is 0.915. The Morgan fingerprint density at radius 3 is 3.27 bits per heavy atom. The molecule has 0 aromatic heterocycles. The maximum Gasteiger partial charge on any atom is 0.235 e. The lowest BCUT2D eigenvalue weighted by molar-refractivity contribution is 0.191. The molecule has 0 saturated carbocycles. The second kappa shape index (κ2) is 4.83. The van der Waals surface area contributed by atoms with Gasteiger partial charge in [0, 0.05) is 12.5 Å². The average molecular weight is 153 g/mol. The normalized spacial score (nSPS) is 23.8. The number of aliphatic imine (C=N–C) groups is 1. The molecule has 0 aliphatic carbocycles. The zero-order valence-corrected chi connectivity index (χ0v) is 6.32. The van der Waals surface area contributed by atoms with Gasteiger partial charge in [0.15, 0.2) is 0 Å². The van der Waals surface area contributed by atoms with Crippen LogP contribution >= 0.6 is 0 Å². The van der Waals surface area contributed by atoms with Crippen LogP contribution in [0.15, 0.2) is 17.1 Å². The number of rotatable bonds is 3. The van der Waals surface area contributed by atoms with Gasteiger partial charge in [-0.05, 0) is 6.42 Å². The average Bonchev–Trinajstić information content (AvgIpc) is 2.50. The molecule has 0 radical (unpaired) electrons. The van der Waals surface area contributed by atoms with E-state index in [4.69, 9.17) is 4.74 Å². The van der Waals surface area contributed by atoms with Gasteiger partial charge in [0.05, 0.1) is 13.2 Å². The largest absolute Gasteiger partial charge is 0.381 e. The fourth-order valence-electron chi connectivity index (χ4n) is 1.05. The summed E-state index contributed by atoms with van der Waals surface area (Å²) < 4.78 is 5.15. The van der Waals surface area contributed by atoms with Crippen molar-refractivity contribution in [2.75, 3.05) is 19.8 Å². The van der Waals surface area contributed by atoms with E-state index in [9.17, 15) is 4.79 Å². The number of hydrogen-bond donors (Lipinski definition) is 0. The minimum Gasteiger partial charge on any atom is -0.381 e. The van der Waals surface area contributed by atoms with E-state index >= 15 is 0 Å². The Hall–Kier alpha value is -0.920. The van der Waals surface area contributed by atoms with Gasteiger partial charge in [-0.2, -0.15) is 0 Å². The minimum atomic E-state index is 0.444. The topological polar surface area (TPSA) is 38.7 Å². The maximum absolute atomic E-state index is 9.65. The van der Waals surface area contributed by atoms with Crippen LogP contribution in [-0.4, -0.2) is 25.8 Å². The molecule has 11 heavy (non-hydrogen) atoms. The molecule has 3 nitrogen and oxygen atoms in total. The summed E-state index contributed by atoms with van der Waals surface area (Å²) in [7, 11) is 0. The van der Waals surface area contributed by atoms with E-state index < -0.39 is 0 Å². The summed E-state index contributed by atoms with van der Waals surface area (Å²) in [6.45, 7) is 2.10. The fraction of sp³-hybridized carbons (Fsp3) is 0.625. The Morgan fingerprint density at radius 1 is 1.73 bits per heavy atom. The zero-order valence-electron chi connectivity index (χ0n) is 6.32. The standard InChI is InChI=1S/C8H11NO2/c10-7-9-4-1-2-8-3-5-11-6-8/h1-2,8H,3-6H2/b2-1-. The van der Waals surface area contributed by atoms with Gasteiger partial charge in [-0.25, -0.2) is 9.79 Å². The Balaban J connectivity index is 2.17. The number of hydrogen-bond acceptors (Lipinski definition) is 3. The van der Waals surface area contributed by atoms with Crippen LogP contribution in [0.5, 0.6) is 0 Å². The van der Waals surface area contributed by atoms with Gasteiger partial charge in [-0.3, -0.25) is 0 Å². The summed E-state index contributed by atoms with van der Waals surface area (Å²) in [5.74, 6) is 0.525. The summed E-state index contributed by atoms with van der Waals surface area (Å²) in [5, 5.41) is 0. The molecule has 1 aliphatic heterocycles. The summed E-state index contributed by atoms with van der Waals surface area (Å²) in [4.78, 5) is 13.1. The molecule has 0 aromatic rings. The molecule has 0 N–H and O–H groups in total. The summed E-state index contributed by atoms with van der Waals surface area (Å²) in [5.41, 5.74) is 0. The lowest BCUT2D eigenvalue weighted by Crippen LogP contribution is -1.93.